The number of hydrogen-bond acceptors (Lipinski definition) is 2. The molecule has 0 heterocycles. The first-order chi connectivity index (χ1) is 7.79. The zero-order valence-corrected chi connectivity index (χ0v) is 10.2. The summed E-state index contributed by atoms with van der Waals surface area (Å²) in [5.41, 5.74) is 0. The second-order valence-electron chi connectivity index (χ2n) is 4.07. The van der Waals surface area contributed by atoms with Crippen LogP contribution in [0.4, 0.5) is 0 Å². The van der Waals surface area contributed by atoms with Crippen molar-refractivity contribution in [2.45, 2.75) is 39.2 Å². The Labute approximate surface area is 98.6 Å². The summed E-state index contributed by atoms with van der Waals surface area (Å²) in [7, 11) is 0. The van der Waals surface area contributed by atoms with Gasteiger partial charge in [-0.2, -0.15) is 0 Å². The van der Waals surface area contributed by atoms with Crippen molar-refractivity contribution in [2.24, 2.45) is 0 Å². The highest BCUT2D eigenvalue weighted by molar-refractivity contribution is 5.19. The molecule has 1 radical (unpaired) electrons. The summed E-state index contributed by atoms with van der Waals surface area (Å²) in [6.07, 6.45) is 3.69. The van der Waals surface area contributed by atoms with Gasteiger partial charge >= 0.3 is 0 Å². The molecule has 0 fully saturated rings. The van der Waals surface area contributed by atoms with Crippen LogP contribution in [0.2, 0.25) is 0 Å². The first kappa shape index (κ1) is 13.0. The molecule has 0 unspecified atom stereocenters. The molecule has 0 N–H and O–H groups in total. The van der Waals surface area contributed by atoms with E-state index in [-0.39, 0.29) is 0 Å². The summed E-state index contributed by atoms with van der Waals surface area (Å²) in [5, 5.41) is 0. The lowest BCUT2D eigenvalue weighted by molar-refractivity contribution is 0.0752. The SMILES string of the molecule is CC(C)OCCCCCOc1c[c]ccc1. The molecule has 16 heavy (non-hydrogen) atoms. The smallest absolute Gasteiger partial charge is 0.119 e. The monoisotopic (exact) mass is 221 g/mol. The van der Waals surface area contributed by atoms with Gasteiger partial charge in [-0.15, -0.1) is 0 Å². The Morgan fingerprint density at radius 2 is 2.00 bits per heavy atom. The fourth-order valence-electron chi connectivity index (χ4n) is 1.36. The highest BCUT2D eigenvalue weighted by Gasteiger charge is 1.95. The molecular formula is C14H21O2. The molecule has 0 bridgehead atoms. The van der Waals surface area contributed by atoms with Crippen molar-refractivity contribution in [3.05, 3.63) is 30.3 Å². The van der Waals surface area contributed by atoms with Crippen molar-refractivity contribution >= 4 is 0 Å². The van der Waals surface area contributed by atoms with E-state index in [9.17, 15) is 0 Å². The molecule has 0 saturated carbocycles. The minimum absolute atomic E-state index is 0.344. The Balaban J connectivity index is 1.93. The lowest BCUT2D eigenvalue weighted by Gasteiger charge is -2.07. The van der Waals surface area contributed by atoms with Crippen molar-refractivity contribution in [1.82, 2.24) is 0 Å². The summed E-state index contributed by atoms with van der Waals surface area (Å²) in [6, 6.07) is 10.6. The summed E-state index contributed by atoms with van der Waals surface area (Å²) in [5.74, 6) is 0.904. The van der Waals surface area contributed by atoms with Crippen LogP contribution < -0.4 is 4.74 Å². The normalized spacial score (nSPS) is 10.7. The van der Waals surface area contributed by atoms with Crippen LogP contribution in [0.1, 0.15) is 33.1 Å². The van der Waals surface area contributed by atoms with Crippen LogP contribution in [0.15, 0.2) is 24.3 Å². The highest BCUT2D eigenvalue weighted by atomic mass is 16.5. The van der Waals surface area contributed by atoms with E-state index in [1.54, 1.807) is 0 Å². The average Bonchev–Trinajstić information content (AvgIpc) is 2.29. The number of rotatable bonds is 8. The minimum Gasteiger partial charge on any atom is -0.494 e. The van der Waals surface area contributed by atoms with Crippen LogP contribution in [0.5, 0.6) is 5.75 Å². The molecule has 0 saturated heterocycles. The maximum Gasteiger partial charge on any atom is 0.119 e. The van der Waals surface area contributed by atoms with Gasteiger partial charge in [0.25, 0.3) is 0 Å². The van der Waals surface area contributed by atoms with Gasteiger partial charge in [-0.05, 0) is 51.3 Å². The van der Waals surface area contributed by atoms with E-state index in [0.29, 0.717) is 6.10 Å². The van der Waals surface area contributed by atoms with Gasteiger partial charge in [-0.25, -0.2) is 0 Å². The van der Waals surface area contributed by atoms with Crippen LogP contribution in [0.3, 0.4) is 0 Å². The van der Waals surface area contributed by atoms with Crippen molar-refractivity contribution in [2.75, 3.05) is 13.2 Å². The molecule has 89 valence electrons. The van der Waals surface area contributed by atoms with Gasteiger partial charge < -0.3 is 9.47 Å². The molecule has 0 amide bonds. The van der Waals surface area contributed by atoms with E-state index in [0.717, 1.165) is 38.2 Å². The Hall–Kier alpha value is -1.02. The summed E-state index contributed by atoms with van der Waals surface area (Å²) in [4.78, 5) is 0. The van der Waals surface area contributed by atoms with Crippen LogP contribution in [0, 0.1) is 6.07 Å². The number of ether oxygens (including phenoxy) is 2. The molecule has 1 rings (SSSR count). The minimum atomic E-state index is 0.344. The maximum atomic E-state index is 5.56. The lowest BCUT2D eigenvalue weighted by Crippen LogP contribution is -2.04. The molecule has 0 aromatic heterocycles. The fraction of sp³-hybridized carbons (Fsp3) is 0.571. The standard InChI is InChI=1S/C14H21O2/c1-13(2)15-11-7-4-8-12-16-14-9-5-3-6-10-14/h3,5,9-10,13H,4,7-8,11-12H2,1-2H3. The third kappa shape index (κ3) is 6.46. The molecule has 1 aromatic rings. The van der Waals surface area contributed by atoms with E-state index in [1.165, 1.54) is 0 Å². The predicted molar refractivity (Wildman–Crippen MR) is 65.7 cm³/mol. The number of benzene rings is 1. The van der Waals surface area contributed by atoms with Crippen LogP contribution in [0.25, 0.3) is 0 Å². The second kappa shape index (κ2) is 8.17. The van der Waals surface area contributed by atoms with E-state index in [1.807, 2.05) is 24.3 Å². The molecule has 0 aliphatic rings. The van der Waals surface area contributed by atoms with Gasteiger partial charge in [0, 0.05) is 6.61 Å². The predicted octanol–water partition coefficient (Wildman–Crippen LogP) is 3.46. The van der Waals surface area contributed by atoms with Gasteiger partial charge in [0.2, 0.25) is 0 Å². The Morgan fingerprint density at radius 3 is 2.69 bits per heavy atom. The molecule has 1 aromatic carbocycles. The van der Waals surface area contributed by atoms with Crippen molar-refractivity contribution in [3.8, 4) is 5.75 Å². The molecule has 0 spiro atoms. The van der Waals surface area contributed by atoms with Crippen LogP contribution in [-0.2, 0) is 4.74 Å². The highest BCUT2D eigenvalue weighted by Crippen LogP contribution is 2.08. The Morgan fingerprint density at radius 1 is 1.19 bits per heavy atom. The van der Waals surface area contributed by atoms with Crippen LogP contribution >= 0.6 is 0 Å². The summed E-state index contributed by atoms with van der Waals surface area (Å²) >= 11 is 0. The molecule has 2 nitrogen and oxygen atoms in total. The third-order valence-electron chi connectivity index (χ3n) is 2.19. The van der Waals surface area contributed by atoms with Gasteiger partial charge in [-0.1, -0.05) is 12.1 Å². The van der Waals surface area contributed by atoms with Gasteiger partial charge in [0.1, 0.15) is 5.75 Å². The topological polar surface area (TPSA) is 18.5 Å². The Bertz CT molecular complexity index is 257. The molecule has 2 heteroatoms. The van der Waals surface area contributed by atoms with Crippen molar-refractivity contribution < 1.29 is 9.47 Å². The van der Waals surface area contributed by atoms with Gasteiger partial charge in [0.15, 0.2) is 0 Å². The van der Waals surface area contributed by atoms with Crippen LogP contribution in [-0.4, -0.2) is 19.3 Å². The largest absolute Gasteiger partial charge is 0.494 e. The maximum absolute atomic E-state index is 5.56. The van der Waals surface area contributed by atoms with Gasteiger partial charge in [-0.3, -0.25) is 0 Å². The zero-order chi connectivity index (χ0) is 11.6. The number of unbranched alkanes of at least 4 members (excludes halogenated alkanes) is 2. The zero-order valence-electron chi connectivity index (χ0n) is 10.2. The van der Waals surface area contributed by atoms with Gasteiger partial charge in [0.05, 0.1) is 12.7 Å². The van der Waals surface area contributed by atoms with E-state index in [2.05, 4.69) is 19.9 Å². The summed E-state index contributed by atoms with van der Waals surface area (Å²) in [6.45, 7) is 5.76. The summed E-state index contributed by atoms with van der Waals surface area (Å²) < 4.78 is 11.0. The molecule has 0 atom stereocenters. The van der Waals surface area contributed by atoms with E-state index < -0.39 is 0 Å². The molecule has 0 aliphatic carbocycles. The Kier molecular flexibility index (Phi) is 6.66. The third-order valence-corrected chi connectivity index (χ3v) is 2.19. The second-order valence-corrected chi connectivity index (χ2v) is 4.07. The first-order valence-corrected chi connectivity index (χ1v) is 5.99. The van der Waals surface area contributed by atoms with Crippen molar-refractivity contribution in [3.63, 3.8) is 0 Å². The van der Waals surface area contributed by atoms with E-state index in [4.69, 9.17) is 9.47 Å². The average molecular weight is 221 g/mol. The molecule has 0 aliphatic heterocycles. The van der Waals surface area contributed by atoms with Crippen molar-refractivity contribution in [1.29, 1.82) is 0 Å². The quantitative estimate of drug-likeness (QED) is 0.626. The number of hydrogen-bond donors (Lipinski definition) is 0. The first-order valence-electron chi connectivity index (χ1n) is 5.99. The van der Waals surface area contributed by atoms with E-state index >= 15 is 0 Å². The fourth-order valence-corrected chi connectivity index (χ4v) is 1.36. The lowest BCUT2D eigenvalue weighted by atomic mass is 10.2. The molecular weight excluding hydrogens is 200 g/mol.